The number of aromatic nitrogens is 2. The van der Waals surface area contributed by atoms with Gasteiger partial charge in [0, 0.05) is 11.6 Å². The first-order chi connectivity index (χ1) is 6.56. The molecule has 14 heavy (non-hydrogen) atoms. The summed E-state index contributed by atoms with van der Waals surface area (Å²) in [6, 6.07) is 4.84. The van der Waals surface area contributed by atoms with Crippen LogP contribution in [0.15, 0.2) is 24.4 Å². The highest BCUT2D eigenvalue weighted by Gasteiger charge is 2.28. The molecule has 0 atom stereocenters. The standard InChI is InChI=1S/C9H6F3N2/c10-9(11,12)6-14-5-3-7-2-1-4-13-8(7)14/h1-3,5H,6H2. The summed E-state index contributed by atoms with van der Waals surface area (Å²) in [5.41, 5.74) is 0.310. The normalized spacial score (nSPS) is 12.2. The molecule has 0 fully saturated rings. The number of hydrogen-bond acceptors (Lipinski definition) is 1. The fourth-order valence-electron chi connectivity index (χ4n) is 1.29. The molecule has 0 aliphatic heterocycles. The van der Waals surface area contributed by atoms with Gasteiger partial charge in [0.15, 0.2) is 0 Å². The van der Waals surface area contributed by atoms with E-state index in [1.165, 1.54) is 6.20 Å². The Morgan fingerprint density at radius 3 is 2.86 bits per heavy atom. The zero-order chi connectivity index (χ0) is 10.2. The Balaban J connectivity index is 2.44. The van der Waals surface area contributed by atoms with Crippen molar-refractivity contribution in [2.75, 3.05) is 0 Å². The van der Waals surface area contributed by atoms with Gasteiger partial charge in [-0.05, 0) is 18.2 Å². The largest absolute Gasteiger partial charge is 0.406 e. The van der Waals surface area contributed by atoms with E-state index < -0.39 is 12.7 Å². The van der Waals surface area contributed by atoms with Crippen LogP contribution < -0.4 is 0 Å². The molecule has 0 unspecified atom stereocenters. The maximum absolute atomic E-state index is 12.1. The number of rotatable bonds is 1. The summed E-state index contributed by atoms with van der Waals surface area (Å²) in [5.74, 6) is 0. The van der Waals surface area contributed by atoms with Crippen molar-refractivity contribution in [3.63, 3.8) is 0 Å². The predicted molar refractivity (Wildman–Crippen MR) is 44.6 cm³/mol. The van der Waals surface area contributed by atoms with Gasteiger partial charge in [-0.2, -0.15) is 13.2 Å². The molecule has 73 valence electrons. The molecular weight excluding hydrogens is 193 g/mol. The maximum Gasteiger partial charge on any atom is 0.406 e. The molecule has 2 aromatic rings. The molecule has 2 nitrogen and oxygen atoms in total. The smallest absolute Gasteiger partial charge is 0.323 e. The summed E-state index contributed by atoms with van der Waals surface area (Å²) >= 11 is 0. The van der Waals surface area contributed by atoms with Crippen molar-refractivity contribution >= 4 is 11.0 Å². The summed E-state index contributed by atoms with van der Waals surface area (Å²) in [6.45, 7) is -1.01. The number of pyridine rings is 1. The fourth-order valence-corrected chi connectivity index (χ4v) is 1.29. The molecular formula is C9H6F3N2. The van der Waals surface area contributed by atoms with Crippen molar-refractivity contribution in [1.82, 2.24) is 9.55 Å². The van der Waals surface area contributed by atoms with E-state index in [-0.39, 0.29) is 0 Å². The van der Waals surface area contributed by atoms with E-state index in [1.54, 1.807) is 18.2 Å². The summed E-state index contributed by atoms with van der Waals surface area (Å²) in [6.07, 6.45) is -0.335. The van der Waals surface area contributed by atoms with Gasteiger partial charge in [0.05, 0.1) is 6.20 Å². The van der Waals surface area contributed by atoms with Crippen LogP contribution in [0.4, 0.5) is 13.2 Å². The Kier molecular flexibility index (Phi) is 1.94. The summed E-state index contributed by atoms with van der Waals surface area (Å²) in [7, 11) is 0. The van der Waals surface area contributed by atoms with Crippen LogP contribution in [0.3, 0.4) is 0 Å². The molecule has 0 bridgehead atoms. The van der Waals surface area contributed by atoms with E-state index in [2.05, 4.69) is 11.2 Å². The topological polar surface area (TPSA) is 17.8 Å². The lowest BCUT2D eigenvalue weighted by Gasteiger charge is -2.07. The molecule has 0 amide bonds. The average molecular weight is 199 g/mol. The van der Waals surface area contributed by atoms with E-state index in [0.717, 1.165) is 4.57 Å². The van der Waals surface area contributed by atoms with Gasteiger partial charge in [-0.1, -0.05) is 0 Å². The van der Waals surface area contributed by atoms with E-state index in [0.29, 0.717) is 11.0 Å². The molecule has 1 radical (unpaired) electrons. The van der Waals surface area contributed by atoms with Crippen LogP contribution in [0.5, 0.6) is 0 Å². The number of nitrogens with zero attached hydrogens (tertiary/aromatic N) is 2. The third kappa shape index (κ3) is 1.71. The first-order valence-electron chi connectivity index (χ1n) is 3.95. The molecule has 0 saturated carbocycles. The van der Waals surface area contributed by atoms with Crippen LogP contribution in [-0.4, -0.2) is 15.7 Å². The summed E-state index contributed by atoms with van der Waals surface area (Å²) in [4.78, 5) is 3.76. The van der Waals surface area contributed by atoms with Crippen LogP contribution in [0.25, 0.3) is 11.0 Å². The number of alkyl halides is 3. The number of fused-ring (bicyclic) bond motifs is 1. The van der Waals surface area contributed by atoms with Crippen LogP contribution in [-0.2, 0) is 6.54 Å². The zero-order valence-electron chi connectivity index (χ0n) is 7.04. The molecule has 5 heteroatoms. The third-order valence-corrected chi connectivity index (χ3v) is 1.82. The van der Waals surface area contributed by atoms with Gasteiger partial charge in [-0.15, -0.1) is 0 Å². The van der Waals surface area contributed by atoms with Gasteiger partial charge in [0.25, 0.3) is 0 Å². The SMILES string of the molecule is FC(F)(F)Cn1ccc2cc[c]nc21. The highest BCUT2D eigenvalue weighted by molar-refractivity contribution is 5.75. The minimum Gasteiger partial charge on any atom is -0.323 e. The van der Waals surface area contributed by atoms with Gasteiger partial charge in [0.2, 0.25) is 0 Å². The van der Waals surface area contributed by atoms with E-state index in [1.807, 2.05) is 0 Å². The lowest BCUT2D eigenvalue weighted by Crippen LogP contribution is -2.17. The minimum atomic E-state index is -4.22. The van der Waals surface area contributed by atoms with Crippen molar-refractivity contribution in [2.24, 2.45) is 0 Å². The van der Waals surface area contributed by atoms with E-state index in [9.17, 15) is 13.2 Å². The minimum absolute atomic E-state index is 0.310. The molecule has 2 heterocycles. The van der Waals surface area contributed by atoms with Crippen molar-refractivity contribution in [2.45, 2.75) is 12.7 Å². The summed E-state index contributed by atoms with van der Waals surface area (Å²) in [5, 5.41) is 0.688. The van der Waals surface area contributed by atoms with E-state index in [4.69, 9.17) is 0 Å². The van der Waals surface area contributed by atoms with Gasteiger partial charge >= 0.3 is 6.18 Å². The first kappa shape index (κ1) is 9.05. The van der Waals surface area contributed by atoms with Crippen LogP contribution in [0.1, 0.15) is 0 Å². The highest BCUT2D eigenvalue weighted by atomic mass is 19.4. The lowest BCUT2D eigenvalue weighted by atomic mass is 10.3. The van der Waals surface area contributed by atoms with Crippen LogP contribution in [0, 0.1) is 6.20 Å². The fraction of sp³-hybridized carbons (Fsp3) is 0.222. The molecule has 0 N–H and O–H groups in total. The van der Waals surface area contributed by atoms with Gasteiger partial charge in [0.1, 0.15) is 12.2 Å². The Labute approximate surface area is 78.0 Å². The molecule has 0 aliphatic rings. The Hall–Kier alpha value is -1.52. The second kappa shape index (κ2) is 3.01. The van der Waals surface area contributed by atoms with Crippen LogP contribution >= 0.6 is 0 Å². The van der Waals surface area contributed by atoms with E-state index >= 15 is 0 Å². The highest BCUT2D eigenvalue weighted by Crippen LogP contribution is 2.21. The first-order valence-corrected chi connectivity index (χ1v) is 3.95. The van der Waals surface area contributed by atoms with Gasteiger partial charge < -0.3 is 4.57 Å². The lowest BCUT2D eigenvalue weighted by molar-refractivity contribution is -0.139. The second-order valence-electron chi connectivity index (χ2n) is 2.91. The van der Waals surface area contributed by atoms with Gasteiger partial charge in [-0.3, -0.25) is 0 Å². The van der Waals surface area contributed by atoms with Crippen molar-refractivity contribution < 1.29 is 13.2 Å². The quantitative estimate of drug-likeness (QED) is 0.689. The zero-order valence-corrected chi connectivity index (χ0v) is 7.04. The number of halogens is 3. The Morgan fingerprint density at radius 1 is 1.36 bits per heavy atom. The number of hydrogen-bond donors (Lipinski definition) is 0. The average Bonchev–Trinajstić information content (AvgIpc) is 2.47. The Bertz CT molecular complexity index is 444. The molecule has 0 aromatic carbocycles. The van der Waals surface area contributed by atoms with Crippen molar-refractivity contribution in [1.29, 1.82) is 0 Å². The molecule has 0 aliphatic carbocycles. The van der Waals surface area contributed by atoms with Crippen LogP contribution in [0.2, 0.25) is 0 Å². The Morgan fingerprint density at radius 2 is 2.14 bits per heavy atom. The van der Waals surface area contributed by atoms with Crippen molar-refractivity contribution in [3.8, 4) is 0 Å². The van der Waals surface area contributed by atoms with Gasteiger partial charge in [-0.25, -0.2) is 4.98 Å². The molecule has 2 aromatic heterocycles. The summed E-state index contributed by atoms with van der Waals surface area (Å²) < 4.78 is 37.3. The third-order valence-electron chi connectivity index (χ3n) is 1.82. The van der Waals surface area contributed by atoms with Crippen molar-refractivity contribution in [3.05, 3.63) is 30.6 Å². The molecule has 0 saturated heterocycles. The molecule has 0 spiro atoms. The molecule has 2 rings (SSSR count). The monoisotopic (exact) mass is 199 g/mol. The predicted octanol–water partition coefficient (Wildman–Crippen LogP) is 2.40. The maximum atomic E-state index is 12.1. The second-order valence-corrected chi connectivity index (χ2v) is 2.91.